The minimum absolute atomic E-state index is 0. The molecule has 0 aromatic carbocycles. The van der Waals surface area contributed by atoms with E-state index in [0.29, 0.717) is 0 Å². The average molecular weight is 276 g/mol. The van der Waals surface area contributed by atoms with Gasteiger partial charge in [-0.25, -0.2) is 0 Å². The van der Waals surface area contributed by atoms with Gasteiger partial charge in [0.25, 0.3) is 0 Å². The smallest absolute Gasteiger partial charge is 0.358 e. The summed E-state index contributed by atoms with van der Waals surface area (Å²) in [5, 5.41) is 0. The molecule has 0 saturated carbocycles. The molecule has 44 valence electrons. The second kappa shape index (κ2) is 15.7. The molecule has 0 spiro atoms. The van der Waals surface area contributed by atoms with E-state index in [0.717, 1.165) is 0 Å². The van der Waals surface area contributed by atoms with Crippen LogP contribution >= 0.6 is 0 Å². The van der Waals surface area contributed by atoms with Crippen LogP contribution in [0, 0.1) is 13.3 Å². The molecule has 0 fully saturated rings. The van der Waals surface area contributed by atoms with Gasteiger partial charge in [0.2, 0.25) is 0 Å². The summed E-state index contributed by atoms with van der Waals surface area (Å²) in [6.45, 7) is 6.25. The fraction of sp³-hybridized carbons (Fsp3) is 0.600. The quantitative estimate of drug-likeness (QED) is 0.396. The Kier molecular flexibility index (Phi) is 53.4. The normalized spacial score (nSPS) is 5.14. The Morgan fingerprint density at radius 1 is 1.00 bits per heavy atom. The minimum Gasteiger partial charge on any atom is -0.358 e. The Morgan fingerprint density at radius 3 is 1.00 bits per heavy atom. The molecule has 0 bridgehead atoms. The molecule has 0 unspecified atom stereocenters. The van der Waals surface area contributed by atoms with Crippen LogP contribution in [0.15, 0.2) is 0 Å². The first-order valence-electron chi connectivity index (χ1n) is 1.50. The zero-order chi connectivity index (χ0) is 3.58. The molecule has 7 heavy (non-hydrogen) atoms. The van der Waals surface area contributed by atoms with E-state index in [9.17, 15) is 0 Å². The first-order chi connectivity index (χ1) is 1.73. The SMILES string of the molecule is C[C-](C)C.[Au+].[CH3-].[Li+]. The summed E-state index contributed by atoms with van der Waals surface area (Å²) in [7, 11) is 0. The van der Waals surface area contributed by atoms with Gasteiger partial charge in [-0.15, -0.1) is 0 Å². The first-order valence-corrected chi connectivity index (χ1v) is 1.50. The minimum atomic E-state index is 0. The maximum atomic E-state index is 2.08. The van der Waals surface area contributed by atoms with Gasteiger partial charge in [0.1, 0.15) is 0 Å². The topological polar surface area (TPSA) is 0 Å². The van der Waals surface area contributed by atoms with E-state index in [1.165, 1.54) is 5.92 Å². The third kappa shape index (κ3) is 117. The van der Waals surface area contributed by atoms with Crippen molar-refractivity contribution in [2.24, 2.45) is 0 Å². The van der Waals surface area contributed by atoms with Crippen LogP contribution in [0.3, 0.4) is 0 Å². The maximum absolute atomic E-state index is 2.08. The Morgan fingerprint density at radius 2 is 1.00 bits per heavy atom. The number of rotatable bonds is 0. The zero-order valence-electron chi connectivity index (χ0n) is 5.80. The van der Waals surface area contributed by atoms with Crippen molar-refractivity contribution in [3.05, 3.63) is 13.3 Å². The second-order valence-corrected chi connectivity index (χ2v) is 1.50. The molecule has 0 aromatic rings. The van der Waals surface area contributed by atoms with Gasteiger partial charge in [0.05, 0.1) is 0 Å². The van der Waals surface area contributed by atoms with Crippen LogP contribution in [0.25, 0.3) is 0 Å². The molecule has 0 aliphatic carbocycles. The van der Waals surface area contributed by atoms with Crippen molar-refractivity contribution in [2.45, 2.75) is 20.8 Å². The summed E-state index contributed by atoms with van der Waals surface area (Å²) in [4.78, 5) is 0. The molecule has 0 rings (SSSR count). The van der Waals surface area contributed by atoms with Gasteiger partial charge in [-0.3, -0.25) is 0 Å². The summed E-state index contributed by atoms with van der Waals surface area (Å²) in [5.41, 5.74) is 0. The summed E-state index contributed by atoms with van der Waals surface area (Å²) in [6, 6.07) is 0. The third-order valence-electron chi connectivity index (χ3n) is 0. The monoisotopic (exact) mass is 276 g/mol. The summed E-state index contributed by atoms with van der Waals surface area (Å²) in [6.07, 6.45) is 0. The van der Waals surface area contributed by atoms with Gasteiger partial charge in [0, 0.05) is 0 Å². The van der Waals surface area contributed by atoms with Crippen molar-refractivity contribution >= 4 is 0 Å². The van der Waals surface area contributed by atoms with Crippen LogP contribution < -0.4 is 18.9 Å². The van der Waals surface area contributed by atoms with Crippen LogP contribution in [-0.4, -0.2) is 0 Å². The molecule has 0 aliphatic rings. The maximum Gasteiger partial charge on any atom is 1.00 e. The van der Waals surface area contributed by atoms with E-state index < -0.39 is 0 Å². The van der Waals surface area contributed by atoms with Crippen molar-refractivity contribution in [1.29, 1.82) is 0 Å². The Balaban J connectivity index is -0.0000000150. The fourth-order valence-electron chi connectivity index (χ4n) is 0. The van der Waals surface area contributed by atoms with Crippen LogP contribution in [0.2, 0.25) is 0 Å². The average Bonchev–Trinajstić information content (AvgIpc) is 0.811. The molecule has 0 heterocycles. The van der Waals surface area contributed by atoms with Crippen LogP contribution in [0.1, 0.15) is 20.8 Å². The summed E-state index contributed by atoms with van der Waals surface area (Å²) in [5.74, 6) is 1.42. The Bertz CT molecular complexity index is 12.8. The number of hydrogen-bond acceptors (Lipinski definition) is 0. The molecule has 0 N–H and O–H groups in total. The van der Waals surface area contributed by atoms with E-state index in [-0.39, 0.29) is 48.7 Å². The van der Waals surface area contributed by atoms with E-state index in [4.69, 9.17) is 0 Å². The van der Waals surface area contributed by atoms with E-state index >= 15 is 0 Å². The van der Waals surface area contributed by atoms with Crippen LogP contribution in [0.4, 0.5) is 0 Å². The second-order valence-electron chi connectivity index (χ2n) is 1.50. The predicted octanol–water partition coefficient (Wildman–Crippen LogP) is -0.928. The van der Waals surface area contributed by atoms with Gasteiger partial charge in [0.15, 0.2) is 0 Å². The molecule has 2 heteroatoms. The van der Waals surface area contributed by atoms with E-state index in [2.05, 4.69) is 20.8 Å². The number of hydrogen-bond donors (Lipinski definition) is 0. The first kappa shape index (κ1) is 23.9. The molecular formula is C5H12AuLi. The predicted molar refractivity (Wildman–Crippen MR) is 26.7 cm³/mol. The molecule has 0 saturated heterocycles. The largest absolute Gasteiger partial charge is 1.00 e. The van der Waals surface area contributed by atoms with E-state index in [1.807, 2.05) is 0 Å². The van der Waals surface area contributed by atoms with Gasteiger partial charge in [-0.2, -0.15) is 20.8 Å². The molecule has 0 atom stereocenters. The van der Waals surface area contributed by atoms with Crippen molar-refractivity contribution in [1.82, 2.24) is 0 Å². The zero-order valence-corrected chi connectivity index (χ0v) is 7.97. The van der Waals surface area contributed by atoms with Crippen LogP contribution in [0.5, 0.6) is 0 Å². The third-order valence-corrected chi connectivity index (χ3v) is 0. The van der Waals surface area contributed by atoms with Gasteiger partial charge in [-0.05, 0) is 0 Å². The van der Waals surface area contributed by atoms with Crippen LogP contribution in [-0.2, 0) is 22.4 Å². The fourth-order valence-corrected chi connectivity index (χ4v) is 0. The van der Waals surface area contributed by atoms with Gasteiger partial charge < -0.3 is 13.3 Å². The van der Waals surface area contributed by atoms with E-state index in [1.54, 1.807) is 0 Å². The molecule has 0 radical (unpaired) electrons. The van der Waals surface area contributed by atoms with Crippen molar-refractivity contribution < 1.29 is 41.2 Å². The van der Waals surface area contributed by atoms with Gasteiger partial charge in [-0.1, -0.05) is 0 Å². The Labute approximate surface area is 75.1 Å². The standard InChI is InChI=1S/C4H9.CH3.Au.Li/c1-4(2)3;;;/h1-3H3;1H3;;/q2*-1;2*+1. The molecule has 0 aliphatic heterocycles. The van der Waals surface area contributed by atoms with Crippen molar-refractivity contribution in [2.75, 3.05) is 0 Å². The molecule has 0 amide bonds. The molecule has 0 nitrogen and oxygen atoms in total. The summed E-state index contributed by atoms with van der Waals surface area (Å²) < 4.78 is 0. The van der Waals surface area contributed by atoms with Crippen molar-refractivity contribution in [3.8, 4) is 0 Å². The van der Waals surface area contributed by atoms with Crippen molar-refractivity contribution in [3.63, 3.8) is 0 Å². The summed E-state index contributed by atoms with van der Waals surface area (Å²) >= 11 is 0. The van der Waals surface area contributed by atoms with Gasteiger partial charge >= 0.3 is 41.2 Å². The molecular weight excluding hydrogens is 264 g/mol. The Hall–Kier alpha value is 1.34. The molecule has 0 aromatic heterocycles.